The minimum absolute atomic E-state index is 0.221. The lowest BCUT2D eigenvalue weighted by molar-refractivity contribution is 0.100. The summed E-state index contributed by atoms with van der Waals surface area (Å²) in [4.78, 5) is 11.9. The highest BCUT2D eigenvalue weighted by Gasteiger charge is 2.21. The average molecular weight is 379 g/mol. The summed E-state index contributed by atoms with van der Waals surface area (Å²) in [5.74, 6) is -0.502. The van der Waals surface area contributed by atoms with Gasteiger partial charge in [-0.25, -0.2) is 0 Å². The van der Waals surface area contributed by atoms with Crippen LogP contribution >= 0.6 is 23.2 Å². The Balaban J connectivity index is 1.91. The number of carbonyl (C=O) groups is 1. The first kappa shape index (κ1) is 18.1. The zero-order valence-electron chi connectivity index (χ0n) is 13.6. The number of anilines is 1. The molecule has 1 aliphatic rings. The van der Waals surface area contributed by atoms with Crippen molar-refractivity contribution in [2.45, 2.75) is 37.8 Å². The summed E-state index contributed by atoms with van der Waals surface area (Å²) in [5, 5.41) is 13.9. The van der Waals surface area contributed by atoms with E-state index in [1.54, 1.807) is 12.1 Å². The highest BCUT2D eigenvalue weighted by Crippen LogP contribution is 2.35. The summed E-state index contributed by atoms with van der Waals surface area (Å²) in [6.07, 6.45) is 3.03. The molecule has 1 fully saturated rings. The van der Waals surface area contributed by atoms with Crippen LogP contribution in [0.5, 0.6) is 0 Å². The van der Waals surface area contributed by atoms with Gasteiger partial charge in [-0.1, -0.05) is 41.4 Å². The minimum Gasteiger partial charge on any atom is -0.393 e. The number of hydrogen-bond acceptors (Lipinski definition) is 3. The van der Waals surface area contributed by atoms with Crippen LogP contribution in [-0.2, 0) is 0 Å². The quantitative estimate of drug-likeness (QED) is 0.734. The lowest BCUT2D eigenvalue weighted by Crippen LogP contribution is -2.29. The highest BCUT2D eigenvalue weighted by molar-refractivity contribution is 6.43. The lowest BCUT2D eigenvalue weighted by Gasteiger charge is -2.27. The number of halogens is 2. The van der Waals surface area contributed by atoms with Crippen LogP contribution in [0.4, 0.5) is 5.69 Å². The predicted octanol–water partition coefficient (Wildman–Crippen LogP) is 4.47. The molecule has 2 aromatic carbocycles. The van der Waals surface area contributed by atoms with Crippen LogP contribution in [0.1, 0.15) is 36.0 Å². The van der Waals surface area contributed by atoms with E-state index in [2.05, 4.69) is 5.32 Å². The highest BCUT2D eigenvalue weighted by atomic mass is 35.5. The number of carbonyl (C=O) groups excluding carboxylic acids is 1. The molecule has 0 aromatic heterocycles. The van der Waals surface area contributed by atoms with Gasteiger partial charge in [-0.15, -0.1) is 0 Å². The van der Waals surface area contributed by atoms with E-state index in [9.17, 15) is 9.90 Å². The van der Waals surface area contributed by atoms with Crippen molar-refractivity contribution in [3.05, 3.63) is 52.0 Å². The monoisotopic (exact) mass is 378 g/mol. The Morgan fingerprint density at radius 2 is 1.84 bits per heavy atom. The summed E-state index contributed by atoms with van der Waals surface area (Å²) in [6.45, 7) is 0. The summed E-state index contributed by atoms with van der Waals surface area (Å²) in [6, 6.07) is 11.1. The molecule has 2 aromatic rings. The molecule has 1 saturated carbocycles. The van der Waals surface area contributed by atoms with E-state index in [1.807, 2.05) is 24.3 Å². The first-order valence-corrected chi connectivity index (χ1v) is 9.04. The molecule has 25 heavy (non-hydrogen) atoms. The Labute approximate surface area is 156 Å². The number of hydrogen-bond donors (Lipinski definition) is 3. The fourth-order valence-corrected chi connectivity index (χ4v) is 3.62. The number of amides is 1. The van der Waals surface area contributed by atoms with Gasteiger partial charge < -0.3 is 16.2 Å². The molecule has 0 atom stereocenters. The molecule has 132 valence electrons. The topological polar surface area (TPSA) is 75.4 Å². The van der Waals surface area contributed by atoms with Crippen LogP contribution in [0.3, 0.4) is 0 Å². The second kappa shape index (κ2) is 7.65. The third-order valence-electron chi connectivity index (χ3n) is 4.60. The van der Waals surface area contributed by atoms with Crippen LogP contribution < -0.4 is 11.1 Å². The molecule has 1 aliphatic carbocycles. The number of benzene rings is 2. The molecule has 4 N–H and O–H groups in total. The molecule has 4 nitrogen and oxygen atoms in total. The number of nitrogens with one attached hydrogen (secondary N) is 1. The van der Waals surface area contributed by atoms with Crippen molar-refractivity contribution in [2.75, 3.05) is 5.32 Å². The number of rotatable bonds is 4. The van der Waals surface area contributed by atoms with Crippen molar-refractivity contribution in [3.63, 3.8) is 0 Å². The van der Waals surface area contributed by atoms with Gasteiger partial charge in [0.2, 0.25) is 0 Å². The fourth-order valence-electron chi connectivity index (χ4n) is 3.21. The summed E-state index contributed by atoms with van der Waals surface area (Å²) in [7, 11) is 0. The predicted molar refractivity (Wildman–Crippen MR) is 102 cm³/mol. The van der Waals surface area contributed by atoms with Crippen molar-refractivity contribution in [3.8, 4) is 11.1 Å². The Morgan fingerprint density at radius 3 is 2.52 bits per heavy atom. The molecule has 0 saturated heterocycles. The second-order valence-electron chi connectivity index (χ2n) is 6.38. The van der Waals surface area contributed by atoms with E-state index in [-0.39, 0.29) is 12.1 Å². The Hall–Kier alpha value is -1.75. The molecule has 0 heterocycles. The summed E-state index contributed by atoms with van der Waals surface area (Å²) < 4.78 is 0. The Morgan fingerprint density at radius 1 is 1.12 bits per heavy atom. The van der Waals surface area contributed by atoms with Gasteiger partial charge in [0.05, 0.1) is 21.7 Å². The standard InChI is InChI=1S/C19H20Cl2N2O2/c20-16-3-1-2-14(18(16)21)11-4-9-17(15(10-11)19(22)25)23-12-5-7-13(24)8-6-12/h1-4,9-10,12-13,23-24H,5-8H2,(H2,22,25)/t12-,13-. The zero-order valence-corrected chi connectivity index (χ0v) is 15.1. The molecule has 0 radical (unpaired) electrons. The maximum absolute atomic E-state index is 11.9. The largest absolute Gasteiger partial charge is 0.393 e. The molecule has 1 amide bonds. The lowest BCUT2D eigenvalue weighted by atomic mass is 9.92. The van der Waals surface area contributed by atoms with Crippen LogP contribution in [0.25, 0.3) is 11.1 Å². The molecule has 0 aliphatic heterocycles. The Bertz CT molecular complexity index is 787. The van der Waals surface area contributed by atoms with E-state index in [1.165, 1.54) is 0 Å². The molecule has 0 spiro atoms. The maximum Gasteiger partial charge on any atom is 0.250 e. The molecule has 0 bridgehead atoms. The molecular weight excluding hydrogens is 359 g/mol. The zero-order chi connectivity index (χ0) is 18.0. The summed E-state index contributed by atoms with van der Waals surface area (Å²) >= 11 is 12.4. The van der Waals surface area contributed by atoms with Gasteiger partial charge in [-0.3, -0.25) is 4.79 Å². The fraction of sp³-hybridized carbons (Fsp3) is 0.316. The average Bonchev–Trinajstić information content (AvgIpc) is 2.59. The second-order valence-corrected chi connectivity index (χ2v) is 7.16. The van der Waals surface area contributed by atoms with E-state index < -0.39 is 5.91 Å². The van der Waals surface area contributed by atoms with Gasteiger partial charge in [0.1, 0.15) is 0 Å². The third-order valence-corrected chi connectivity index (χ3v) is 5.42. The normalized spacial score (nSPS) is 20.3. The minimum atomic E-state index is -0.502. The van der Waals surface area contributed by atoms with Crippen LogP contribution in [0.15, 0.2) is 36.4 Å². The van der Waals surface area contributed by atoms with Crippen LogP contribution in [0, 0.1) is 0 Å². The maximum atomic E-state index is 11.9. The first-order valence-electron chi connectivity index (χ1n) is 8.28. The van der Waals surface area contributed by atoms with E-state index >= 15 is 0 Å². The van der Waals surface area contributed by atoms with Gasteiger partial charge >= 0.3 is 0 Å². The Kier molecular flexibility index (Phi) is 5.52. The molecule has 3 rings (SSSR count). The van der Waals surface area contributed by atoms with Crippen molar-refractivity contribution in [1.29, 1.82) is 0 Å². The van der Waals surface area contributed by atoms with E-state index in [4.69, 9.17) is 28.9 Å². The first-order chi connectivity index (χ1) is 12.0. The van der Waals surface area contributed by atoms with Crippen LogP contribution in [0.2, 0.25) is 10.0 Å². The SMILES string of the molecule is NC(=O)c1cc(-c2cccc(Cl)c2Cl)ccc1N[C@H]1CC[C@H](O)CC1. The van der Waals surface area contributed by atoms with E-state index in [0.29, 0.717) is 21.3 Å². The van der Waals surface area contributed by atoms with Crippen molar-refractivity contribution in [2.24, 2.45) is 5.73 Å². The van der Waals surface area contributed by atoms with Gasteiger partial charge in [0, 0.05) is 17.3 Å². The third kappa shape index (κ3) is 4.09. The number of nitrogens with two attached hydrogens (primary N) is 1. The van der Waals surface area contributed by atoms with E-state index in [0.717, 1.165) is 36.8 Å². The molecule has 0 unspecified atom stereocenters. The number of aliphatic hydroxyl groups excluding tert-OH is 1. The van der Waals surface area contributed by atoms with Crippen molar-refractivity contribution in [1.82, 2.24) is 0 Å². The van der Waals surface area contributed by atoms with Crippen molar-refractivity contribution < 1.29 is 9.90 Å². The van der Waals surface area contributed by atoms with Gasteiger partial charge in [-0.2, -0.15) is 0 Å². The van der Waals surface area contributed by atoms with Gasteiger partial charge in [-0.05, 0) is 49.4 Å². The molecular formula is C19H20Cl2N2O2. The smallest absolute Gasteiger partial charge is 0.250 e. The van der Waals surface area contributed by atoms with Gasteiger partial charge in [0.25, 0.3) is 5.91 Å². The number of primary amides is 1. The van der Waals surface area contributed by atoms with Crippen LogP contribution in [-0.4, -0.2) is 23.2 Å². The number of aliphatic hydroxyl groups is 1. The molecule has 6 heteroatoms. The summed E-state index contributed by atoms with van der Waals surface area (Å²) in [5.41, 5.74) is 8.24. The van der Waals surface area contributed by atoms with Gasteiger partial charge in [0.15, 0.2) is 0 Å². The van der Waals surface area contributed by atoms with Crippen molar-refractivity contribution >= 4 is 34.8 Å².